The zero-order valence-electron chi connectivity index (χ0n) is 9.65. The third kappa shape index (κ3) is 3.55. The molecule has 0 aliphatic carbocycles. The Bertz CT molecular complexity index is 467. The van der Waals surface area contributed by atoms with E-state index in [1.807, 2.05) is 30.3 Å². The molecule has 1 aliphatic rings. The number of hydrogen-bond donors (Lipinski definition) is 1. The van der Waals surface area contributed by atoms with Gasteiger partial charge in [0.2, 0.25) is 0 Å². The fraction of sp³-hybridized carbons (Fsp3) is 0.154. The molecule has 94 valence electrons. The third-order valence-electron chi connectivity index (χ3n) is 2.28. The maximum Gasteiger partial charge on any atom is 0.530 e. The van der Waals surface area contributed by atoms with Crippen LogP contribution in [0.25, 0.3) is 0 Å². The highest BCUT2D eigenvalue weighted by Gasteiger charge is 2.10. The molecule has 1 aromatic rings. The van der Waals surface area contributed by atoms with Crippen molar-refractivity contribution >= 4 is 6.16 Å². The second-order valence-corrected chi connectivity index (χ2v) is 3.66. The van der Waals surface area contributed by atoms with Crippen molar-refractivity contribution in [2.45, 2.75) is 6.61 Å². The van der Waals surface area contributed by atoms with Gasteiger partial charge in [-0.15, -0.1) is 0 Å². The number of nitrogens with zero attached hydrogens (tertiary/aromatic N) is 1. The lowest BCUT2D eigenvalue weighted by Gasteiger charge is -2.20. The van der Waals surface area contributed by atoms with Gasteiger partial charge in [0.05, 0.1) is 12.7 Å². The fourth-order valence-corrected chi connectivity index (χ4v) is 1.50. The normalized spacial score (nSPS) is 14.0. The highest BCUT2D eigenvalue weighted by atomic mass is 16.8. The van der Waals surface area contributed by atoms with Gasteiger partial charge >= 0.3 is 6.16 Å². The van der Waals surface area contributed by atoms with E-state index in [-0.39, 0.29) is 0 Å². The SMILES string of the molecule is O=C(O)ON1C=C(OCc2ccccc2)C=CC1. The maximum absolute atomic E-state index is 10.4. The molecule has 1 aliphatic heterocycles. The quantitative estimate of drug-likeness (QED) is 0.885. The summed E-state index contributed by atoms with van der Waals surface area (Å²) in [6.45, 7) is 0.808. The molecule has 0 bridgehead atoms. The molecule has 0 amide bonds. The zero-order valence-corrected chi connectivity index (χ0v) is 9.65. The summed E-state index contributed by atoms with van der Waals surface area (Å²) in [5.41, 5.74) is 1.04. The van der Waals surface area contributed by atoms with E-state index in [4.69, 9.17) is 9.84 Å². The Hall–Kier alpha value is -2.43. The first-order chi connectivity index (χ1) is 8.74. The molecule has 5 nitrogen and oxygen atoms in total. The number of hydroxylamine groups is 2. The van der Waals surface area contributed by atoms with E-state index in [2.05, 4.69) is 4.84 Å². The lowest BCUT2D eigenvalue weighted by molar-refractivity contribution is -0.0776. The van der Waals surface area contributed by atoms with Crippen molar-refractivity contribution in [1.82, 2.24) is 5.06 Å². The third-order valence-corrected chi connectivity index (χ3v) is 2.28. The Morgan fingerprint density at radius 1 is 1.33 bits per heavy atom. The average molecular weight is 247 g/mol. The van der Waals surface area contributed by atoms with Crippen molar-refractivity contribution in [2.75, 3.05) is 6.54 Å². The van der Waals surface area contributed by atoms with Gasteiger partial charge in [-0.2, -0.15) is 0 Å². The van der Waals surface area contributed by atoms with Gasteiger partial charge in [-0.25, -0.2) is 9.86 Å². The lowest BCUT2D eigenvalue weighted by atomic mass is 10.2. The second kappa shape index (κ2) is 5.77. The number of allylic oxidation sites excluding steroid dienone is 1. The topological polar surface area (TPSA) is 59.0 Å². The molecule has 0 unspecified atom stereocenters. The predicted octanol–water partition coefficient (Wildman–Crippen LogP) is 2.53. The van der Waals surface area contributed by atoms with Crippen LogP contribution in [0.15, 0.2) is 54.4 Å². The van der Waals surface area contributed by atoms with E-state index in [0.717, 1.165) is 5.56 Å². The van der Waals surface area contributed by atoms with Crippen molar-refractivity contribution in [2.24, 2.45) is 0 Å². The van der Waals surface area contributed by atoms with E-state index in [0.29, 0.717) is 18.9 Å². The van der Waals surface area contributed by atoms with Crippen LogP contribution in [0.4, 0.5) is 4.79 Å². The summed E-state index contributed by atoms with van der Waals surface area (Å²) in [6, 6.07) is 9.72. The van der Waals surface area contributed by atoms with Gasteiger partial charge in [0, 0.05) is 0 Å². The molecular weight excluding hydrogens is 234 g/mol. The van der Waals surface area contributed by atoms with Crippen LogP contribution in [0.1, 0.15) is 5.56 Å². The van der Waals surface area contributed by atoms with Crippen LogP contribution >= 0.6 is 0 Å². The molecule has 0 saturated carbocycles. The van der Waals surface area contributed by atoms with Gasteiger partial charge in [-0.1, -0.05) is 36.4 Å². The van der Waals surface area contributed by atoms with Gasteiger partial charge in [0.15, 0.2) is 0 Å². The smallest absolute Gasteiger partial charge is 0.487 e. The molecule has 0 saturated heterocycles. The zero-order chi connectivity index (χ0) is 12.8. The second-order valence-electron chi connectivity index (χ2n) is 3.66. The summed E-state index contributed by atoms with van der Waals surface area (Å²) in [4.78, 5) is 14.9. The molecule has 5 heteroatoms. The highest BCUT2D eigenvalue weighted by Crippen LogP contribution is 2.12. The monoisotopic (exact) mass is 247 g/mol. The number of hydrogen-bond acceptors (Lipinski definition) is 4. The molecule has 0 spiro atoms. The number of rotatable bonds is 4. The first kappa shape index (κ1) is 12.0. The molecule has 1 heterocycles. The van der Waals surface area contributed by atoms with E-state index >= 15 is 0 Å². The Labute approximate surface area is 104 Å². The summed E-state index contributed by atoms with van der Waals surface area (Å²) in [5, 5.41) is 9.70. The molecule has 0 aromatic heterocycles. The van der Waals surface area contributed by atoms with Crippen molar-refractivity contribution in [3.63, 3.8) is 0 Å². The molecular formula is C13H13NO4. The largest absolute Gasteiger partial charge is 0.530 e. The summed E-state index contributed by atoms with van der Waals surface area (Å²) in [7, 11) is 0. The van der Waals surface area contributed by atoms with Crippen molar-refractivity contribution in [1.29, 1.82) is 0 Å². The Kier molecular flexibility index (Phi) is 3.86. The number of carbonyl (C=O) groups is 1. The van der Waals surface area contributed by atoms with Gasteiger partial charge < -0.3 is 14.7 Å². The van der Waals surface area contributed by atoms with Crippen LogP contribution in [0.2, 0.25) is 0 Å². The van der Waals surface area contributed by atoms with Crippen LogP contribution in [-0.4, -0.2) is 22.9 Å². The minimum absolute atomic E-state index is 0.379. The summed E-state index contributed by atoms with van der Waals surface area (Å²) in [5.74, 6) is 0.561. The van der Waals surface area contributed by atoms with E-state index in [1.54, 1.807) is 12.2 Å². The minimum atomic E-state index is -1.34. The van der Waals surface area contributed by atoms with Gasteiger partial charge in [0.25, 0.3) is 0 Å². The van der Waals surface area contributed by atoms with Gasteiger partial charge in [0.1, 0.15) is 12.4 Å². The molecule has 0 fully saturated rings. The highest BCUT2D eigenvalue weighted by molar-refractivity contribution is 5.56. The van der Waals surface area contributed by atoms with Crippen LogP contribution < -0.4 is 0 Å². The van der Waals surface area contributed by atoms with E-state index < -0.39 is 6.16 Å². The molecule has 1 aromatic carbocycles. The van der Waals surface area contributed by atoms with Gasteiger partial charge in [-0.05, 0) is 11.6 Å². The minimum Gasteiger partial charge on any atom is -0.487 e. The Balaban J connectivity index is 1.90. The van der Waals surface area contributed by atoms with E-state index in [9.17, 15) is 4.79 Å². The summed E-state index contributed by atoms with van der Waals surface area (Å²) < 4.78 is 5.54. The Morgan fingerprint density at radius 3 is 2.83 bits per heavy atom. The standard InChI is InChI=1S/C13H13NO4/c15-13(16)18-14-8-4-7-12(9-14)17-10-11-5-2-1-3-6-11/h1-7,9H,8,10H2,(H,15,16). The molecule has 0 radical (unpaired) electrons. The van der Waals surface area contributed by atoms with Crippen LogP contribution in [-0.2, 0) is 16.2 Å². The summed E-state index contributed by atoms with van der Waals surface area (Å²) >= 11 is 0. The molecule has 0 atom stereocenters. The Morgan fingerprint density at radius 2 is 2.11 bits per heavy atom. The molecule has 18 heavy (non-hydrogen) atoms. The molecule has 1 N–H and O–H groups in total. The van der Waals surface area contributed by atoms with Crippen LogP contribution in [0.3, 0.4) is 0 Å². The predicted molar refractivity (Wildman–Crippen MR) is 64.3 cm³/mol. The molecule has 2 rings (SSSR count). The number of ether oxygens (including phenoxy) is 1. The fourth-order valence-electron chi connectivity index (χ4n) is 1.50. The average Bonchev–Trinajstić information content (AvgIpc) is 2.37. The van der Waals surface area contributed by atoms with Crippen LogP contribution in [0.5, 0.6) is 0 Å². The van der Waals surface area contributed by atoms with Crippen LogP contribution in [0, 0.1) is 0 Å². The lowest BCUT2D eigenvalue weighted by Crippen LogP contribution is -2.24. The van der Waals surface area contributed by atoms with Crippen molar-refractivity contribution in [3.8, 4) is 0 Å². The summed E-state index contributed by atoms with van der Waals surface area (Å²) in [6.07, 6.45) is 3.72. The van der Waals surface area contributed by atoms with E-state index in [1.165, 1.54) is 11.3 Å². The first-order valence-corrected chi connectivity index (χ1v) is 5.46. The maximum atomic E-state index is 10.4. The number of carboxylic acid groups (broad SMARTS) is 1. The van der Waals surface area contributed by atoms with Gasteiger partial charge in [-0.3, -0.25) is 0 Å². The van der Waals surface area contributed by atoms with Crippen molar-refractivity contribution in [3.05, 3.63) is 60.0 Å². The van der Waals surface area contributed by atoms with Crippen molar-refractivity contribution < 1.29 is 19.5 Å². The first-order valence-electron chi connectivity index (χ1n) is 5.46. The number of benzene rings is 1.